The monoisotopic (exact) mass is 366 g/mol. The van der Waals surface area contributed by atoms with E-state index in [1.165, 1.54) is 17.8 Å². The molecular formula is C20H20N3O2S. The molecule has 1 aromatic carbocycles. The predicted molar refractivity (Wildman–Crippen MR) is 102 cm³/mol. The van der Waals surface area contributed by atoms with Gasteiger partial charge in [-0.15, -0.1) is 11.3 Å². The molecule has 5 nitrogen and oxygen atoms in total. The van der Waals surface area contributed by atoms with E-state index in [0.29, 0.717) is 27.6 Å². The number of thiophene rings is 1. The number of carbonyl (C=O) groups excluding carboxylic acids is 2. The Labute approximate surface area is 156 Å². The first-order valence-corrected chi connectivity index (χ1v) is 9.54. The number of nitrogens with two attached hydrogens (primary N) is 1. The zero-order valence-corrected chi connectivity index (χ0v) is 15.1. The number of nitrogens with one attached hydrogen (secondary N) is 1. The highest BCUT2D eigenvalue weighted by Gasteiger charge is 2.34. The number of hydrogen-bond acceptors (Lipinski definition) is 4. The summed E-state index contributed by atoms with van der Waals surface area (Å²) in [5.41, 5.74) is 7.28. The summed E-state index contributed by atoms with van der Waals surface area (Å²) in [5, 5.41) is 13.5. The van der Waals surface area contributed by atoms with Crippen LogP contribution in [0.15, 0.2) is 35.7 Å². The summed E-state index contributed by atoms with van der Waals surface area (Å²) >= 11 is 1.38. The van der Waals surface area contributed by atoms with Crippen molar-refractivity contribution >= 4 is 28.8 Å². The second kappa shape index (κ2) is 8.15. The molecule has 1 aromatic heterocycles. The van der Waals surface area contributed by atoms with E-state index in [-0.39, 0.29) is 11.8 Å². The van der Waals surface area contributed by atoms with Gasteiger partial charge in [0.1, 0.15) is 5.92 Å². The fourth-order valence-corrected chi connectivity index (χ4v) is 4.44. The van der Waals surface area contributed by atoms with Crippen LogP contribution in [-0.4, -0.2) is 11.8 Å². The van der Waals surface area contributed by atoms with Gasteiger partial charge in [0.15, 0.2) is 0 Å². The molecular weight excluding hydrogens is 346 g/mol. The average Bonchev–Trinajstić information content (AvgIpc) is 3.12. The summed E-state index contributed by atoms with van der Waals surface area (Å²) < 4.78 is 0. The van der Waals surface area contributed by atoms with Crippen molar-refractivity contribution in [1.29, 1.82) is 5.26 Å². The van der Waals surface area contributed by atoms with Gasteiger partial charge in [-0.05, 0) is 54.5 Å². The van der Waals surface area contributed by atoms with Crippen LogP contribution in [0.1, 0.15) is 52.9 Å². The van der Waals surface area contributed by atoms with Crippen molar-refractivity contribution in [1.82, 2.24) is 0 Å². The first-order chi connectivity index (χ1) is 12.6. The first-order valence-electron chi connectivity index (χ1n) is 8.66. The molecule has 0 bridgehead atoms. The Morgan fingerprint density at radius 2 is 1.81 bits per heavy atom. The summed E-state index contributed by atoms with van der Waals surface area (Å²) in [5.74, 6) is -0.00155. The quantitative estimate of drug-likeness (QED) is 0.841. The zero-order valence-electron chi connectivity index (χ0n) is 14.3. The third kappa shape index (κ3) is 3.94. The van der Waals surface area contributed by atoms with E-state index >= 15 is 0 Å². The first kappa shape index (κ1) is 18.2. The van der Waals surface area contributed by atoms with Gasteiger partial charge in [-0.1, -0.05) is 19.3 Å². The Kier molecular flexibility index (Phi) is 5.69. The van der Waals surface area contributed by atoms with Crippen LogP contribution < -0.4 is 11.1 Å². The number of anilines is 1. The Morgan fingerprint density at radius 1 is 1.12 bits per heavy atom. The Hall–Kier alpha value is -2.65. The highest BCUT2D eigenvalue weighted by Crippen LogP contribution is 2.38. The van der Waals surface area contributed by atoms with Gasteiger partial charge in [0.05, 0.1) is 17.2 Å². The van der Waals surface area contributed by atoms with Crippen molar-refractivity contribution in [3.63, 3.8) is 0 Å². The molecule has 0 aliphatic heterocycles. The molecule has 1 fully saturated rings. The topological polar surface area (TPSA) is 96.0 Å². The van der Waals surface area contributed by atoms with Crippen molar-refractivity contribution < 1.29 is 9.59 Å². The van der Waals surface area contributed by atoms with Crippen LogP contribution in [0, 0.1) is 23.2 Å². The standard InChI is InChI=1S/C20H20N3O2S/c21-12-13-6-8-15(9-7-13)23-20(25)16-10-11-26-18(16)17(19(22)24)14-4-2-1-3-5-14/h6-11,14H,1-5H2,(H2,22,24)(H,23,25). The number of hydrogen-bond donors (Lipinski definition) is 2. The third-order valence-corrected chi connectivity index (χ3v) is 5.65. The van der Waals surface area contributed by atoms with Gasteiger partial charge in [-0.2, -0.15) is 5.26 Å². The van der Waals surface area contributed by atoms with Gasteiger partial charge >= 0.3 is 0 Å². The van der Waals surface area contributed by atoms with Gasteiger partial charge in [-0.25, -0.2) is 0 Å². The lowest BCUT2D eigenvalue weighted by molar-refractivity contribution is -0.116. The molecule has 1 aliphatic carbocycles. The van der Waals surface area contributed by atoms with Gasteiger partial charge in [0.2, 0.25) is 5.91 Å². The van der Waals surface area contributed by atoms with E-state index < -0.39 is 5.91 Å². The van der Waals surface area contributed by atoms with E-state index in [4.69, 9.17) is 11.0 Å². The summed E-state index contributed by atoms with van der Waals surface area (Å²) in [6.45, 7) is 0. The maximum absolute atomic E-state index is 12.7. The van der Waals surface area contributed by atoms with E-state index in [2.05, 4.69) is 5.32 Å². The van der Waals surface area contributed by atoms with E-state index in [1.54, 1.807) is 30.3 Å². The lowest BCUT2D eigenvalue weighted by Crippen LogP contribution is -2.31. The number of amides is 2. The van der Waals surface area contributed by atoms with Crippen molar-refractivity contribution in [2.45, 2.75) is 32.1 Å². The van der Waals surface area contributed by atoms with Gasteiger partial charge in [0.25, 0.3) is 5.91 Å². The molecule has 0 saturated heterocycles. The minimum Gasteiger partial charge on any atom is -0.369 e. The lowest BCUT2D eigenvalue weighted by Gasteiger charge is -2.27. The molecule has 6 heteroatoms. The summed E-state index contributed by atoms with van der Waals surface area (Å²) in [6, 6.07) is 10.4. The Balaban J connectivity index is 1.82. The fourth-order valence-electron chi connectivity index (χ4n) is 3.41. The Morgan fingerprint density at radius 3 is 2.42 bits per heavy atom. The van der Waals surface area contributed by atoms with Gasteiger partial charge < -0.3 is 11.1 Å². The second-order valence-electron chi connectivity index (χ2n) is 6.42. The molecule has 26 heavy (non-hydrogen) atoms. The maximum Gasteiger partial charge on any atom is 0.256 e. The molecule has 2 aromatic rings. The van der Waals surface area contributed by atoms with Crippen molar-refractivity contribution in [2.24, 2.45) is 11.7 Å². The molecule has 0 spiro atoms. The number of rotatable bonds is 5. The number of nitriles is 1. The van der Waals surface area contributed by atoms with Gasteiger partial charge in [-0.3, -0.25) is 9.59 Å². The highest BCUT2D eigenvalue weighted by atomic mass is 32.1. The summed E-state index contributed by atoms with van der Waals surface area (Å²) in [4.78, 5) is 25.5. The number of nitrogens with zero attached hydrogens (tertiary/aromatic N) is 1. The van der Waals surface area contributed by atoms with Gasteiger partial charge in [0, 0.05) is 10.6 Å². The van der Waals surface area contributed by atoms with E-state index in [9.17, 15) is 9.59 Å². The van der Waals surface area contributed by atoms with Crippen molar-refractivity contribution in [3.05, 3.63) is 57.6 Å². The molecule has 1 aliphatic rings. The fraction of sp³-hybridized carbons (Fsp3) is 0.300. The second-order valence-corrected chi connectivity index (χ2v) is 7.34. The molecule has 3 N–H and O–H groups in total. The average molecular weight is 366 g/mol. The van der Waals surface area contributed by atoms with E-state index in [0.717, 1.165) is 25.7 Å². The zero-order chi connectivity index (χ0) is 18.5. The minimum atomic E-state index is -0.438. The molecule has 0 atom stereocenters. The SMILES string of the molecule is N#Cc1ccc(NC(=O)c2ccsc2[C](C(N)=O)C2CCCCC2)cc1. The summed E-state index contributed by atoms with van der Waals surface area (Å²) in [6.07, 6.45) is 5.22. The van der Waals surface area contributed by atoms with Crippen molar-refractivity contribution in [3.8, 4) is 6.07 Å². The van der Waals surface area contributed by atoms with Crippen LogP contribution in [0.5, 0.6) is 0 Å². The predicted octanol–water partition coefficient (Wildman–Crippen LogP) is 3.86. The number of benzene rings is 1. The molecule has 2 amide bonds. The molecule has 0 unspecified atom stereocenters. The van der Waals surface area contributed by atoms with E-state index in [1.807, 2.05) is 11.4 Å². The maximum atomic E-state index is 12.7. The lowest BCUT2D eigenvalue weighted by atomic mass is 9.78. The van der Waals surface area contributed by atoms with Crippen LogP contribution >= 0.6 is 11.3 Å². The molecule has 1 radical (unpaired) electrons. The highest BCUT2D eigenvalue weighted by molar-refractivity contribution is 7.11. The molecule has 3 rings (SSSR count). The Bertz CT molecular complexity index is 829. The molecule has 1 saturated carbocycles. The molecule has 1 heterocycles. The van der Waals surface area contributed by atoms with Crippen molar-refractivity contribution in [2.75, 3.05) is 5.32 Å². The van der Waals surface area contributed by atoms with Crippen LogP contribution in [-0.2, 0) is 4.79 Å². The van der Waals surface area contributed by atoms with Crippen LogP contribution in [0.2, 0.25) is 0 Å². The van der Waals surface area contributed by atoms with Crippen LogP contribution in [0.3, 0.4) is 0 Å². The minimum absolute atomic E-state index is 0.126. The smallest absolute Gasteiger partial charge is 0.256 e. The van der Waals surface area contributed by atoms with Crippen LogP contribution in [0.4, 0.5) is 5.69 Å². The largest absolute Gasteiger partial charge is 0.369 e. The van der Waals surface area contributed by atoms with Crippen LogP contribution in [0.25, 0.3) is 0 Å². The summed E-state index contributed by atoms with van der Waals surface area (Å²) in [7, 11) is 0. The number of carbonyl (C=O) groups is 2. The third-order valence-electron chi connectivity index (χ3n) is 4.71. The normalized spacial score (nSPS) is 14.8. The number of primary amides is 1. The molecule has 133 valence electrons.